The third-order valence-electron chi connectivity index (χ3n) is 3.48. The Bertz CT molecular complexity index is 689. The summed E-state index contributed by atoms with van der Waals surface area (Å²) in [4.78, 5) is 20.7. The second-order valence-electron chi connectivity index (χ2n) is 6.04. The highest BCUT2D eigenvalue weighted by molar-refractivity contribution is 6.04. The fourth-order valence-electron chi connectivity index (χ4n) is 2.28. The van der Waals surface area contributed by atoms with E-state index in [1.165, 1.54) is 6.33 Å². The molecule has 6 heteroatoms. The molecule has 1 aromatic heterocycles. The third kappa shape index (κ3) is 6.06. The monoisotopic (exact) mass is 342 g/mol. The van der Waals surface area contributed by atoms with Crippen molar-refractivity contribution in [2.45, 2.75) is 46.1 Å². The van der Waals surface area contributed by atoms with E-state index in [2.05, 4.69) is 27.5 Å². The molecule has 0 radical (unpaired) electrons. The molecule has 0 bridgehead atoms. The smallest absolute Gasteiger partial charge is 0.274 e. The number of carbonyl (C=O) groups excluding carboxylic acids is 1. The first-order valence-electron chi connectivity index (χ1n) is 8.73. The maximum atomic E-state index is 12.5. The molecule has 2 rings (SSSR count). The number of para-hydroxylation sites is 2. The Hall–Kier alpha value is -2.63. The van der Waals surface area contributed by atoms with Gasteiger partial charge < -0.3 is 15.4 Å². The van der Waals surface area contributed by atoms with Crippen molar-refractivity contribution in [3.8, 4) is 5.75 Å². The minimum Gasteiger partial charge on any atom is -0.489 e. The van der Waals surface area contributed by atoms with Gasteiger partial charge in [0.1, 0.15) is 23.6 Å². The standard InChI is InChI=1S/C19H26N4O2/c1-4-5-8-11-20-18-12-16(21-13-22-18)19(24)23-15-9-6-7-10-17(15)25-14(2)3/h6-7,9-10,12-14H,4-5,8,11H2,1-3H3,(H,23,24)(H,20,21,22). The van der Waals surface area contributed by atoms with E-state index in [0.717, 1.165) is 25.8 Å². The summed E-state index contributed by atoms with van der Waals surface area (Å²) in [5.41, 5.74) is 0.935. The number of carbonyl (C=O) groups is 1. The molecule has 1 heterocycles. The molecule has 1 aromatic carbocycles. The molecular formula is C19H26N4O2. The topological polar surface area (TPSA) is 76.1 Å². The second-order valence-corrected chi connectivity index (χ2v) is 6.04. The van der Waals surface area contributed by atoms with Crippen LogP contribution in [0.25, 0.3) is 0 Å². The zero-order valence-corrected chi connectivity index (χ0v) is 15.1. The summed E-state index contributed by atoms with van der Waals surface area (Å²) in [7, 11) is 0. The van der Waals surface area contributed by atoms with Crippen molar-refractivity contribution in [1.29, 1.82) is 0 Å². The Morgan fingerprint density at radius 1 is 1.20 bits per heavy atom. The summed E-state index contributed by atoms with van der Waals surface area (Å²) in [5, 5.41) is 6.07. The predicted molar refractivity (Wildman–Crippen MR) is 100 cm³/mol. The van der Waals surface area contributed by atoms with Crippen LogP contribution in [0.15, 0.2) is 36.7 Å². The van der Waals surface area contributed by atoms with Gasteiger partial charge in [-0.3, -0.25) is 4.79 Å². The Labute approximate surface area is 149 Å². The van der Waals surface area contributed by atoms with Crippen molar-refractivity contribution >= 4 is 17.4 Å². The first-order valence-corrected chi connectivity index (χ1v) is 8.73. The van der Waals surface area contributed by atoms with Gasteiger partial charge in [0.25, 0.3) is 5.91 Å². The van der Waals surface area contributed by atoms with Crippen molar-refractivity contribution in [1.82, 2.24) is 9.97 Å². The van der Waals surface area contributed by atoms with E-state index in [1.54, 1.807) is 12.1 Å². The summed E-state index contributed by atoms with van der Waals surface area (Å²) >= 11 is 0. The first kappa shape index (κ1) is 18.7. The minimum absolute atomic E-state index is 0.0241. The average Bonchev–Trinajstić information content (AvgIpc) is 2.60. The number of anilines is 2. The van der Waals surface area contributed by atoms with Crippen LogP contribution in [-0.4, -0.2) is 28.5 Å². The van der Waals surface area contributed by atoms with Gasteiger partial charge in [0.05, 0.1) is 11.8 Å². The first-order chi connectivity index (χ1) is 12.1. The number of aromatic nitrogens is 2. The lowest BCUT2D eigenvalue weighted by atomic mass is 10.2. The SMILES string of the molecule is CCCCCNc1cc(C(=O)Nc2ccccc2OC(C)C)ncn1. The quantitative estimate of drug-likeness (QED) is 0.671. The number of unbranched alkanes of at least 4 members (excludes halogenated alkanes) is 2. The highest BCUT2D eigenvalue weighted by atomic mass is 16.5. The Kier molecular flexibility index (Phi) is 7.19. The Morgan fingerprint density at radius 2 is 2.00 bits per heavy atom. The van der Waals surface area contributed by atoms with E-state index in [0.29, 0.717) is 22.9 Å². The summed E-state index contributed by atoms with van der Waals surface area (Å²) in [6.07, 6.45) is 4.82. The van der Waals surface area contributed by atoms with Gasteiger partial charge in [0.2, 0.25) is 0 Å². The van der Waals surface area contributed by atoms with Crippen LogP contribution in [0, 0.1) is 0 Å². The molecule has 2 aromatic rings. The van der Waals surface area contributed by atoms with Gasteiger partial charge in [0.15, 0.2) is 0 Å². The van der Waals surface area contributed by atoms with Gasteiger partial charge in [0, 0.05) is 12.6 Å². The van der Waals surface area contributed by atoms with Crippen LogP contribution in [0.4, 0.5) is 11.5 Å². The van der Waals surface area contributed by atoms with Crippen LogP contribution in [0.3, 0.4) is 0 Å². The molecule has 0 spiro atoms. The van der Waals surface area contributed by atoms with E-state index in [1.807, 2.05) is 32.0 Å². The average molecular weight is 342 g/mol. The molecular weight excluding hydrogens is 316 g/mol. The fraction of sp³-hybridized carbons (Fsp3) is 0.421. The van der Waals surface area contributed by atoms with Gasteiger partial charge in [-0.1, -0.05) is 31.9 Å². The van der Waals surface area contributed by atoms with E-state index < -0.39 is 0 Å². The maximum absolute atomic E-state index is 12.5. The molecule has 2 N–H and O–H groups in total. The molecule has 25 heavy (non-hydrogen) atoms. The minimum atomic E-state index is -0.293. The normalized spacial score (nSPS) is 10.6. The highest BCUT2D eigenvalue weighted by Gasteiger charge is 2.12. The molecule has 0 aliphatic carbocycles. The number of nitrogens with one attached hydrogen (secondary N) is 2. The van der Waals surface area contributed by atoms with Crippen LogP contribution in [-0.2, 0) is 0 Å². The summed E-state index contributed by atoms with van der Waals surface area (Å²) < 4.78 is 5.72. The maximum Gasteiger partial charge on any atom is 0.274 e. The van der Waals surface area contributed by atoms with Crippen LogP contribution in [0.2, 0.25) is 0 Å². The van der Waals surface area contributed by atoms with Crippen LogP contribution in [0.5, 0.6) is 5.75 Å². The number of ether oxygens (including phenoxy) is 1. The molecule has 0 atom stereocenters. The lowest BCUT2D eigenvalue weighted by Gasteiger charge is -2.14. The molecule has 0 fully saturated rings. The zero-order chi connectivity index (χ0) is 18.1. The van der Waals surface area contributed by atoms with Crippen molar-refractivity contribution in [3.05, 3.63) is 42.4 Å². The molecule has 0 aliphatic rings. The number of nitrogens with zero attached hydrogens (tertiary/aromatic N) is 2. The largest absolute Gasteiger partial charge is 0.489 e. The van der Waals surface area contributed by atoms with Gasteiger partial charge >= 0.3 is 0 Å². The van der Waals surface area contributed by atoms with Crippen LogP contribution < -0.4 is 15.4 Å². The number of amides is 1. The zero-order valence-electron chi connectivity index (χ0n) is 15.1. The number of benzene rings is 1. The van der Waals surface area contributed by atoms with Crippen molar-refractivity contribution in [3.63, 3.8) is 0 Å². The van der Waals surface area contributed by atoms with Crippen LogP contribution >= 0.6 is 0 Å². The number of hydrogen-bond acceptors (Lipinski definition) is 5. The van der Waals surface area contributed by atoms with Crippen LogP contribution in [0.1, 0.15) is 50.5 Å². The van der Waals surface area contributed by atoms with E-state index >= 15 is 0 Å². The van der Waals surface area contributed by atoms with Gasteiger partial charge in [-0.15, -0.1) is 0 Å². The second kappa shape index (κ2) is 9.61. The third-order valence-corrected chi connectivity index (χ3v) is 3.48. The molecule has 0 saturated heterocycles. The summed E-state index contributed by atoms with van der Waals surface area (Å²) in [5.74, 6) is 1.000. The number of hydrogen-bond donors (Lipinski definition) is 2. The highest BCUT2D eigenvalue weighted by Crippen LogP contribution is 2.25. The van der Waals surface area contributed by atoms with E-state index in [9.17, 15) is 4.79 Å². The van der Waals surface area contributed by atoms with Crippen molar-refractivity contribution < 1.29 is 9.53 Å². The van der Waals surface area contributed by atoms with Crippen molar-refractivity contribution in [2.24, 2.45) is 0 Å². The predicted octanol–water partition coefficient (Wildman–Crippen LogP) is 4.12. The Balaban J connectivity index is 2.04. The van der Waals surface area contributed by atoms with Gasteiger partial charge in [-0.25, -0.2) is 9.97 Å². The Morgan fingerprint density at radius 3 is 2.76 bits per heavy atom. The number of rotatable bonds is 9. The molecule has 0 aliphatic heterocycles. The van der Waals surface area contributed by atoms with E-state index in [4.69, 9.17) is 4.74 Å². The van der Waals surface area contributed by atoms with E-state index in [-0.39, 0.29) is 12.0 Å². The van der Waals surface area contributed by atoms with Gasteiger partial charge in [-0.2, -0.15) is 0 Å². The molecule has 134 valence electrons. The summed E-state index contributed by atoms with van der Waals surface area (Å²) in [6, 6.07) is 9.02. The molecule has 1 amide bonds. The summed E-state index contributed by atoms with van der Waals surface area (Å²) in [6.45, 7) is 6.88. The fourth-order valence-corrected chi connectivity index (χ4v) is 2.28. The lowest BCUT2D eigenvalue weighted by molar-refractivity contribution is 0.102. The van der Waals surface area contributed by atoms with Gasteiger partial charge in [-0.05, 0) is 32.4 Å². The molecule has 0 unspecified atom stereocenters. The lowest BCUT2D eigenvalue weighted by Crippen LogP contribution is -2.16. The molecule has 0 saturated carbocycles. The molecule has 6 nitrogen and oxygen atoms in total. The van der Waals surface area contributed by atoms with Crippen molar-refractivity contribution in [2.75, 3.05) is 17.2 Å².